The molecular formula is C14H13N2S+. The van der Waals surface area contributed by atoms with Gasteiger partial charge in [-0.1, -0.05) is 29.5 Å². The van der Waals surface area contributed by atoms with Gasteiger partial charge in [0.2, 0.25) is 0 Å². The van der Waals surface area contributed by atoms with Crippen LogP contribution in [0.2, 0.25) is 0 Å². The Balaban J connectivity index is 2.32. The highest BCUT2D eigenvalue weighted by Gasteiger charge is 2.18. The molecule has 17 heavy (non-hydrogen) atoms. The fourth-order valence-electron chi connectivity index (χ4n) is 2.03. The molecule has 0 amide bonds. The molecule has 0 bridgehead atoms. The Morgan fingerprint density at radius 2 is 1.94 bits per heavy atom. The fourth-order valence-corrected chi connectivity index (χ4v) is 3.23. The zero-order chi connectivity index (χ0) is 11.8. The van der Waals surface area contributed by atoms with Gasteiger partial charge in [0.05, 0.1) is 7.05 Å². The van der Waals surface area contributed by atoms with E-state index in [4.69, 9.17) is 0 Å². The molecule has 0 radical (unpaired) electrons. The number of pyridine rings is 1. The van der Waals surface area contributed by atoms with Crippen LogP contribution < -0.4 is 4.57 Å². The Morgan fingerprint density at radius 1 is 1.12 bits per heavy atom. The molecule has 0 atom stereocenters. The average molecular weight is 241 g/mol. The fraction of sp³-hybridized carbons (Fsp3) is 0.143. The van der Waals surface area contributed by atoms with Crippen molar-refractivity contribution in [1.29, 1.82) is 0 Å². The summed E-state index contributed by atoms with van der Waals surface area (Å²) in [5.74, 6) is 0. The van der Waals surface area contributed by atoms with Gasteiger partial charge < -0.3 is 0 Å². The highest BCUT2D eigenvalue weighted by atomic mass is 32.1. The smallest absolute Gasteiger partial charge is 0.216 e. The number of hydrogen-bond donors (Lipinski definition) is 0. The van der Waals surface area contributed by atoms with Crippen LogP contribution in [0.25, 0.3) is 20.9 Å². The van der Waals surface area contributed by atoms with E-state index in [0.29, 0.717) is 0 Å². The van der Waals surface area contributed by atoms with Crippen molar-refractivity contribution in [3.63, 3.8) is 0 Å². The summed E-state index contributed by atoms with van der Waals surface area (Å²) in [4.78, 5) is 4.43. The summed E-state index contributed by atoms with van der Waals surface area (Å²) in [6.45, 7) is 2.15. The quantitative estimate of drug-likeness (QED) is 0.598. The van der Waals surface area contributed by atoms with E-state index in [2.05, 4.69) is 53.9 Å². The number of thiazole rings is 1. The average Bonchev–Trinajstić information content (AvgIpc) is 2.68. The number of hydrogen-bond acceptors (Lipinski definition) is 2. The van der Waals surface area contributed by atoms with Gasteiger partial charge in [-0.05, 0) is 35.7 Å². The van der Waals surface area contributed by atoms with E-state index in [9.17, 15) is 0 Å². The Kier molecular flexibility index (Phi) is 2.41. The molecule has 2 aromatic heterocycles. The van der Waals surface area contributed by atoms with E-state index in [1.807, 2.05) is 12.3 Å². The van der Waals surface area contributed by atoms with Crippen molar-refractivity contribution < 1.29 is 4.57 Å². The van der Waals surface area contributed by atoms with Gasteiger partial charge in [0, 0.05) is 5.56 Å². The first-order chi connectivity index (χ1) is 8.27. The Morgan fingerprint density at radius 3 is 2.71 bits per heavy atom. The standard InChI is InChI=1S/C14H13N2S/c1-10-6-3-4-7-11(10)14-16(2)13-12(17-14)8-5-9-15-13/h3-9H,1-2H3/q+1. The van der Waals surface area contributed by atoms with Crippen LogP contribution in [0, 0.1) is 6.92 Å². The lowest BCUT2D eigenvalue weighted by Crippen LogP contribution is -2.29. The molecule has 0 saturated heterocycles. The van der Waals surface area contributed by atoms with Crippen LogP contribution in [0.5, 0.6) is 0 Å². The predicted octanol–water partition coefficient (Wildman–Crippen LogP) is 3.10. The molecule has 0 aliphatic heterocycles. The second kappa shape index (κ2) is 3.93. The molecule has 84 valence electrons. The lowest BCUT2D eigenvalue weighted by atomic mass is 10.1. The second-order valence-electron chi connectivity index (χ2n) is 4.11. The summed E-state index contributed by atoms with van der Waals surface area (Å²) in [7, 11) is 2.08. The van der Waals surface area contributed by atoms with Gasteiger partial charge in [0.25, 0.3) is 0 Å². The normalized spacial score (nSPS) is 10.9. The van der Waals surface area contributed by atoms with Gasteiger partial charge >= 0.3 is 5.65 Å². The lowest BCUT2D eigenvalue weighted by molar-refractivity contribution is -0.631. The maximum atomic E-state index is 4.43. The van der Waals surface area contributed by atoms with Crippen molar-refractivity contribution in [2.75, 3.05) is 0 Å². The van der Waals surface area contributed by atoms with Crippen molar-refractivity contribution in [2.45, 2.75) is 6.92 Å². The first-order valence-corrected chi connectivity index (χ1v) is 6.38. The summed E-state index contributed by atoms with van der Waals surface area (Å²) >= 11 is 1.79. The van der Waals surface area contributed by atoms with E-state index in [1.54, 1.807) is 11.3 Å². The van der Waals surface area contributed by atoms with Crippen molar-refractivity contribution in [3.8, 4) is 10.6 Å². The van der Waals surface area contributed by atoms with E-state index < -0.39 is 0 Å². The summed E-state index contributed by atoms with van der Waals surface area (Å²) in [5, 5.41) is 1.26. The van der Waals surface area contributed by atoms with E-state index in [-0.39, 0.29) is 0 Å². The van der Waals surface area contributed by atoms with Crippen molar-refractivity contribution >= 4 is 21.7 Å². The minimum Gasteiger partial charge on any atom is -0.216 e. The van der Waals surface area contributed by atoms with Crippen LogP contribution in [0.1, 0.15) is 5.56 Å². The summed E-state index contributed by atoms with van der Waals surface area (Å²) in [5.41, 5.74) is 3.64. The van der Waals surface area contributed by atoms with Crippen LogP contribution >= 0.6 is 11.3 Å². The van der Waals surface area contributed by atoms with E-state index >= 15 is 0 Å². The third-order valence-corrected chi connectivity index (χ3v) is 4.18. The van der Waals surface area contributed by atoms with Gasteiger partial charge in [-0.2, -0.15) is 0 Å². The van der Waals surface area contributed by atoms with Gasteiger partial charge in [0.1, 0.15) is 10.9 Å². The zero-order valence-electron chi connectivity index (χ0n) is 9.84. The monoisotopic (exact) mass is 241 g/mol. The molecule has 0 spiro atoms. The summed E-state index contributed by atoms with van der Waals surface area (Å²) in [6, 6.07) is 12.6. The predicted molar refractivity (Wildman–Crippen MR) is 71.0 cm³/mol. The van der Waals surface area contributed by atoms with Crippen molar-refractivity contribution in [1.82, 2.24) is 4.98 Å². The Bertz CT molecular complexity index is 686. The topological polar surface area (TPSA) is 16.8 Å². The molecule has 2 heterocycles. The van der Waals surface area contributed by atoms with Crippen LogP contribution in [-0.4, -0.2) is 4.98 Å². The molecule has 1 aromatic carbocycles. The molecule has 3 rings (SSSR count). The highest BCUT2D eigenvalue weighted by molar-refractivity contribution is 7.21. The number of fused-ring (bicyclic) bond motifs is 1. The van der Waals surface area contributed by atoms with Crippen LogP contribution in [-0.2, 0) is 7.05 Å². The van der Waals surface area contributed by atoms with Gasteiger partial charge in [-0.15, -0.1) is 0 Å². The van der Waals surface area contributed by atoms with Crippen LogP contribution in [0.15, 0.2) is 42.6 Å². The molecule has 0 fully saturated rings. The zero-order valence-corrected chi connectivity index (χ0v) is 10.7. The summed E-state index contributed by atoms with van der Waals surface area (Å²) in [6.07, 6.45) is 1.84. The first kappa shape index (κ1) is 10.4. The number of nitrogens with zero attached hydrogens (tertiary/aromatic N) is 2. The van der Waals surface area contributed by atoms with Gasteiger partial charge in [0.15, 0.2) is 5.01 Å². The van der Waals surface area contributed by atoms with Gasteiger partial charge in [-0.3, -0.25) is 0 Å². The molecule has 3 heteroatoms. The highest BCUT2D eigenvalue weighted by Crippen LogP contribution is 2.28. The molecular weight excluding hydrogens is 228 g/mol. The minimum absolute atomic E-state index is 1.05. The molecule has 0 N–H and O–H groups in total. The van der Waals surface area contributed by atoms with Crippen LogP contribution in [0.3, 0.4) is 0 Å². The molecule has 0 saturated carbocycles. The number of aromatic nitrogens is 2. The third-order valence-electron chi connectivity index (χ3n) is 2.96. The van der Waals surface area contributed by atoms with Crippen molar-refractivity contribution in [3.05, 3.63) is 48.2 Å². The van der Waals surface area contributed by atoms with Crippen molar-refractivity contribution in [2.24, 2.45) is 7.05 Å². The second-order valence-corrected chi connectivity index (χ2v) is 5.14. The maximum absolute atomic E-state index is 4.43. The molecule has 0 aliphatic rings. The number of aryl methyl sites for hydroxylation is 2. The molecule has 0 aliphatic carbocycles. The SMILES string of the molecule is Cc1ccccc1-c1sc2cccnc2[n+]1C. The van der Waals surface area contributed by atoms with Crippen LogP contribution in [0.4, 0.5) is 0 Å². The Labute approximate surface area is 104 Å². The molecule has 2 nitrogen and oxygen atoms in total. The van der Waals surface area contributed by atoms with E-state index in [0.717, 1.165) is 5.65 Å². The van der Waals surface area contributed by atoms with E-state index in [1.165, 1.54) is 20.8 Å². The molecule has 3 aromatic rings. The third kappa shape index (κ3) is 1.63. The number of rotatable bonds is 1. The summed E-state index contributed by atoms with van der Waals surface area (Å²) < 4.78 is 3.40. The van der Waals surface area contributed by atoms with Gasteiger partial charge in [-0.25, -0.2) is 4.57 Å². The number of benzene rings is 1. The lowest BCUT2D eigenvalue weighted by Gasteiger charge is -2.00. The largest absolute Gasteiger partial charge is 0.341 e. The maximum Gasteiger partial charge on any atom is 0.341 e. The molecule has 0 unspecified atom stereocenters. The minimum atomic E-state index is 1.05. The first-order valence-electron chi connectivity index (χ1n) is 5.57. The Hall–Kier alpha value is -1.74.